The number of hydrogen-bond donors (Lipinski definition) is 3. The van der Waals surface area contributed by atoms with E-state index < -0.39 is 12.1 Å². The Morgan fingerprint density at radius 1 is 0.519 bits per heavy atom. The molecule has 0 aromatic carbocycles. The minimum atomic E-state index is -0.667. The zero-order valence-electron chi connectivity index (χ0n) is 36.0. The van der Waals surface area contributed by atoms with Gasteiger partial charge in [0, 0.05) is 12.8 Å². The zero-order chi connectivity index (χ0) is 39.4. The van der Waals surface area contributed by atoms with E-state index in [1.54, 1.807) is 0 Å². The van der Waals surface area contributed by atoms with Gasteiger partial charge >= 0.3 is 5.97 Å². The maximum absolute atomic E-state index is 12.4. The molecule has 0 aliphatic heterocycles. The fourth-order valence-electron chi connectivity index (χ4n) is 7.09. The second-order valence-corrected chi connectivity index (χ2v) is 16.1. The standard InChI is InChI=1S/C48H91NO5/c1-3-5-7-9-11-13-14-18-22-26-30-34-38-42-48(53)54-43-39-35-31-27-23-20-17-15-16-19-21-25-29-33-37-41-47(52)49-45(44-50)46(51)40-36-32-28-24-12-10-8-6-4-2/h7,9,13-14,45-46,50-51H,3-6,8,10-12,15-44H2,1-2H3,(H,49,52)/b9-7-,14-13-. The topological polar surface area (TPSA) is 95.9 Å². The van der Waals surface area contributed by atoms with Gasteiger partial charge in [0.05, 0.1) is 25.4 Å². The van der Waals surface area contributed by atoms with E-state index in [1.807, 2.05) is 0 Å². The van der Waals surface area contributed by atoms with E-state index in [-0.39, 0.29) is 18.5 Å². The van der Waals surface area contributed by atoms with E-state index >= 15 is 0 Å². The first-order valence-corrected chi connectivity index (χ1v) is 23.6. The van der Waals surface area contributed by atoms with Gasteiger partial charge in [-0.25, -0.2) is 0 Å². The molecule has 54 heavy (non-hydrogen) atoms. The summed E-state index contributed by atoms with van der Waals surface area (Å²) in [6.07, 6.45) is 50.0. The van der Waals surface area contributed by atoms with E-state index in [0.29, 0.717) is 25.9 Å². The molecule has 6 nitrogen and oxygen atoms in total. The van der Waals surface area contributed by atoms with E-state index in [4.69, 9.17) is 4.74 Å². The van der Waals surface area contributed by atoms with Gasteiger partial charge < -0.3 is 20.3 Å². The second kappa shape index (κ2) is 44.1. The molecule has 0 fully saturated rings. The van der Waals surface area contributed by atoms with Crippen LogP contribution in [-0.4, -0.2) is 47.4 Å². The summed E-state index contributed by atoms with van der Waals surface area (Å²) in [5.41, 5.74) is 0. The Labute approximate surface area is 335 Å². The predicted molar refractivity (Wildman–Crippen MR) is 232 cm³/mol. The molecule has 0 aromatic rings. The number of rotatable bonds is 43. The number of aliphatic hydroxyl groups is 2. The molecule has 0 aromatic heterocycles. The number of ether oxygens (including phenoxy) is 1. The molecular weight excluding hydrogens is 671 g/mol. The van der Waals surface area contributed by atoms with Gasteiger partial charge in [0.15, 0.2) is 0 Å². The lowest BCUT2D eigenvalue weighted by molar-refractivity contribution is -0.143. The van der Waals surface area contributed by atoms with Crippen molar-refractivity contribution in [3.05, 3.63) is 24.3 Å². The summed E-state index contributed by atoms with van der Waals surface area (Å²) >= 11 is 0. The van der Waals surface area contributed by atoms with Gasteiger partial charge in [-0.15, -0.1) is 0 Å². The first-order valence-electron chi connectivity index (χ1n) is 23.6. The van der Waals surface area contributed by atoms with Crippen LogP contribution in [0.15, 0.2) is 24.3 Å². The summed E-state index contributed by atoms with van der Waals surface area (Å²) in [6.45, 7) is 4.83. The molecule has 0 spiro atoms. The first kappa shape index (κ1) is 52.3. The summed E-state index contributed by atoms with van der Waals surface area (Å²) in [5, 5.41) is 23.0. The van der Waals surface area contributed by atoms with Crippen LogP contribution in [0.1, 0.15) is 245 Å². The molecule has 0 bridgehead atoms. The Bertz CT molecular complexity index is 843. The summed E-state index contributed by atoms with van der Waals surface area (Å²) in [4.78, 5) is 24.3. The van der Waals surface area contributed by atoms with E-state index in [2.05, 4.69) is 43.5 Å². The number of unbranched alkanes of at least 4 members (excludes halogenated alkanes) is 28. The van der Waals surface area contributed by atoms with Gasteiger partial charge in [0.25, 0.3) is 0 Å². The molecule has 2 unspecified atom stereocenters. The van der Waals surface area contributed by atoms with Crippen molar-refractivity contribution < 1.29 is 24.5 Å². The van der Waals surface area contributed by atoms with Crippen molar-refractivity contribution in [2.45, 2.75) is 257 Å². The van der Waals surface area contributed by atoms with Crippen LogP contribution < -0.4 is 5.32 Å². The summed E-state index contributed by atoms with van der Waals surface area (Å²) < 4.78 is 5.44. The molecule has 0 radical (unpaired) electrons. The normalized spacial score (nSPS) is 12.9. The van der Waals surface area contributed by atoms with Crippen LogP contribution in [-0.2, 0) is 14.3 Å². The molecular formula is C48H91NO5. The number of carbonyl (C=O) groups excluding carboxylic acids is 2. The lowest BCUT2D eigenvalue weighted by Crippen LogP contribution is -2.45. The molecule has 0 heterocycles. The third kappa shape index (κ3) is 40.0. The number of aliphatic hydroxyl groups excluding tert-OH is 2. The van der Waals surface area contributed by atoms with Gasteiger partial charge in [-0.05, 0) is 51.4 Å². The fraction of sp³-hybridized carbons (Fsp3) is 0.875. The maximum Gasteiger partial charge on any atom is 0.305 e. The molecule has 3 N–H and O–H groups in total. The van der Waals surface area contributed by atoms with Crippen molar-refractivity contribution in [3.8, 4) is 0 Å². The third-order valence-corrected chi connectivity index (χ3v) is 10.7. The fourth-order valence-corrected chi connectivity index (χ4v) is 7.09. The zero-order valence-corrected chi connectivity index (χ0v) is 36.0. The monoisotopic (exact) mass is 762 g/mol. The molecule has 2 atom stereocenters. The molecule has 0 aliphatic carbocycles. The molecule has 0 saturated carbocycles. The molecule has 318 valence electrons. The van der Waals surface area contributed by atoms with Gasteiger partial charge in [-0.3, -0.25) is 9.59 Å². The SMILES string of the molecule is CCC/C=C\C/C=C\CCCCCCCC(=O)OCCCCCCCCCCCCCCCCCC(=O)NC(CO)C(O)CCCCCCCCCCC. The van der Waals surface area contributed by atoms with Crippen LogP contribution in [0.5, 0.6) is 0 Å². The van der Waals surface area contributed by atoms with Crippen LogP contribution >= 0.6 is 0 Å². The molecule has 6 heteroatoms. The van der Waals surface area contributed by atoms with E-state index in [1.165, 1.54) is 154 Å². The van der Waals surface area contributed by atoms with Crippen LogP contribution in [0.25, 0.3) is 0 Å². The second-order valence-electron chi connectivity index (χ2n) is 16.1. The first-order chi connectivity index (χ1) is 26.5. The van der Waals surface area contributed by atoms with Crippen molar-refractivity contribution in [1.29, 1.82) is 0 Å². The van der Waals surface area contributed by atoms with Crippen molar-refractivity contribution in [2.75, 3.05) is 13.2 Å². The Hall–Kier alpha value is -1.66. The average Bonchev–Trinajstić information content (AvgIpc) is 3.17. The average molecular weight is 762 g/mol. The largest absolute Gasteiger partial charge is 0.466 e. The number of esters is 1. The summed E-state index contributed by atoms with van der Waals surface area (Å²) in [6, 6.07) is -0.545. The number of nitrogens with one attached hydrogen (secondary N) is 1. The highest BCUT2D eigenvalue weighted by atomic mass is 16.5. The smallest absolute Gasteiger partial charge is 0.305 e. The highest BCUT2D eigenvalue weighted by Gasteiger charge is 2.20. The number of allylic oxidation sites excluding steroid dienone is 4. The minimum Gasteiger partial charge on any atom is -0.466 e. The van der Waals surface area contributed by atoms with Crippen molar-refractivity contribution >= 4 is 11.9 Å². The van der Waals surface area contributed by atoms with Gasteiger partial charge in [-0.1, -0.05) is 205 Å². The maximum atomic E-state index is 12.4. The van der Waals surface area contributed by atoms with Crippen molar-refractivity contribution in [1.82, 2.24) is 5.32 Å². The van der Waals surface area contributed by atoms with E-state index in [9.17, 15) is 19.8 Å². The number of carbonyl (C=O) groups is 2. The van der Waals surface area contributed by atoms with Crippen LogP contribution in [0, 0.1) is 0 Å². The lowest BCUT2D eigenvalue weighted by atomic mass is 10.0. The molecule has 0 saturated heterocycles. The van der Waals surface area contributed by atoms with Crippen molar-refractivity contribution in [3.63, 3.8) is 0 Å². The lowest BCUT2D eigenvalue weighted by Gasteiger charge is -2.22. The summed E-state index contributed by atoms with van der Waals surface area (Å²) in [5.74, 6) is -0.0628. The predicted octanol–water partition coefficient (Wildman–Crippen LogP) is 13.6. The van der Waals surface area contributed by atoms with Gasteiger partial charge in [-0.2, -0.15) is 0 Å². The molecule has 0 rings (SSSR count). The minimum absolute atomic E-state index is 0.0155. The van der Waals surface area contributed by atoms with Gasteiger partial charge in [0.1, 0.15) is 0 Å². The Morgan fingerprint density at radius 3 is 1.48 bits per heavy atom. The highest BCUT2D eigenvalue weighted by Crippen LogP contribution is 2.16. The van der Waals surface area contributed by atoms with Crippen LogP contribution in [0.4, 0.5) is 0 Å². The van der Waals surface area contributed by atoms with Crippen LogP contribution in [0.2, 0.25) is 0 Å². The van der Waals surface area contributed by atoms with Gasteiger partial charge in [0.2, 0.25) is 5.91 Å². The highest BCUT2D eigenvalue weighted by molar-refractivity contribution is 5.76. The Morgan fingerprint density at radius 2 is 0.963 bits per heavy atom. The third-order valence-electron chi connectivity index (χ3n) is 10.7. The summed E-state index contributed by atoms with van der Waals surface area (Å²) in [7, 11) is 0. The Kier molecular flexibility index (Phi) is 42.7. The number of amides is 1. The molecule has 1 amide bonds. The molecule has 0 aliphatic rings. The van der Waals surface area contributed by atoms with Crippen LogP contribution in [0.3, 0.4) is 0 Å². The van der Waals surface area contributed by atoms with Crippen molar-refractivity contribution in [2.24, 2.45) is 0 Å². The Balaban J connectivity index is 3.42. The quantitative estimate of drug-likeness (QED) is 0.0327. The van der Waals surface area contributed by atoms with E-state index in [0.717, 1.165) is 57.8 Å². The number of hydrogen-bond acceptors (Lipinski definition) is 5.